The van der Waals surface area contributed by atoms with Gasteiger partial charge in [0, 0.05) is 10.8 Å². The summed E-state index contributed by atoms with van der Waals surface area (Å²) < 4.78 is 4.99. The molecule has 1 aromatic rings. The van der Waals surface area contributed by atoms with Crippen LogP contribution in [0.5, 0.6) is 0 Å². The molecular weight excluding hydrogens is 262 g/mol. The molecule has 1 rings (SSSR count). The third-order valence-corrected chi connectivity index (χ3v) is 4.16. The molecular formula is C14H23NO3S. The summed E-state index contributed by atoms with van der Waals surface area (Å²) in [5.74, 6) is -0.905. The highest BCUT2D eigenvalue weighted by Gasteiger charge is 2.30. The highest BCUT2D eigenvalue weighted by atomic mass is 32.1. The standard InChI is InChI=1S/C14H23NO3S/c1-6-9(12(17)18-7-2)11(16)10-8-19-13(15-10)14(3,4)5/h8-9,11,16H,6-7H2,1-5H3. The predicted octanol–water partition coefficient (Wildman–Crippen LogP) is 3.06. The summed E-state index contributed by atoms with van der Waals surface area (Å²) >= 11 is 1.51. The highest BCUT2D eigenvalue weighted by Crippen LogP contribution is 2.31. The van der Waals surface area contributed by atoms with E-state index in [0.717, 1.165) is 5.01 Å². The van der Waals surface area contributed by atoms with Crippen LogP contribution in [-0.4, -0.2) is 22.7 Å². The van der Waals surface area contributed by atoms with Gasteiger partial charge in [-0.25, -0.2) is 4.98 Å². The van der Waals surface area contributed by atoms with Gasteiger partial charge in [0.2, 0.25) is 0 Å². The van der Waals surface area contributed by atoms with E-state index >= 15 is 0 Å². The molecule has 2 atom stereocenters. The van der Waals surface area contributed by atoms with Crippen LogP contribution in [0, 0.1) is 5.92 Å². The lowest BCUT2D eigenvalue weighted by molar-refractivity contribution is -0.152. The summed E-state index contributed by atoms with van der Waals surface area (Å²) in [5, 5.41) is 13.1. The molecule has 1 heterocycles. The van der Waals surface area contributed by atoms with Gasteiger partial charge in [-0.05, 0) is 13.3 Å². The van der Waals surface area contributed by atoms with Crippen LogP contribution in [0.15, 0.2) is 5.38 Å². The number of aliphatic hydroxyl groups is 1. The summed E-state index contributed by atoms with van der Waals surface area (Å²) in [5.41, 5.74) is 0.517. The number of carbonyl (C=O) groups is 1. The van der Waals surface area contributed by atoms with Crippen LogP contribution in [-0.2, 0) is 14.9 Å². The topological polar surface area (TPSA) is 59.4 Å². The number of esters is 1. The summed E-state index contributed by atoms with van der Waals surface area (Å²) in [6, 6.07) is 0. The molecule has 0 spiro atoms. The number of aromatic nitrogens is 1. The number of rotatable bonds is 5. The number of aliphatic hydroxyl groups excluding tert-OH is 1. The Labute approximate surface area is 118 Å². The summed E-state index contributed by atoms with van der Waals surface area (Å²) in [4.78, 5) is 16.2. The lowest BCUT2D eigenvalue weighted by atomic mass is 9.96. The van der Waals surface area contributed by atoms with Gasteiger partial charge in [0.25, 0.3) is 0 Å². The Morgan fingerprint density at radius 1 is 1.47 bits per heavy atom. The van der Waals surface area contributed by atoms with Gasteiger partial charge in [-0.15, -0.1) is 11.3 Å². The van der Waals surface area contributed by atoms with Gasteiger partial charge in [-0.2, -0.15) is 0 Å². The molecule has 0 bridgehead atoms. The molecule has 0 aliphatic heterocycles. The number of nitrogens with zero attached hydrogens (tertiary/aromatic N) is 1. The Balaban J connectivity index is 2.89. The van der Waals surface area contributed by atoms with Gasteiger partial charge >= 0.3 is 5.97 Å². The van der Waals surface area contributed by atoms with Crippen molar-refractivity contribution in [2.45, 2.75) is 52.6 Å². The third-order valence-electron chi connectivity index (χ3n) is 2.88. The zero-order chi connectivity index (χ0) is 14.6. The van der Waals surface area contributed by atoms with E-state index < -0.39 is 12.0 Å². The van der Waals surface area contributed by atoms with Crippen molar-refractivity contribution in [1.82, 2.24) is 4.98 Å². The molecule has 5 heteroatoms. The predicted molar refractivity (Wildman–Crippen MR) is 76.2 cm³/mol. The fourth-order valence-corrected chi connectivity index (χ4v) is 2.68. The number of carbonyl (C=O) groups excluding carboxylic acids is 1. The average Bonchev–Trinajstić information content (AvgIpc) is 2.78. The molecule has 0 amide bonds. The fourth-order valence-electron chi connectivity index (χ4n) is 1.74. The molecule has 19 heavy (non-hydrogen) atoms. The lowest BCUT2D eigenvalue weighted by Gasteiger charge is -2.19. The first-order valence-corrected chi connectivity index (χ1v) is 7.49. The van der Waals surface area contributed by atoms with E-state index in [1.54, 1.807) is 6.92 Å². The van der Waals surface area contributed by atoms with Crippen molar-refractivity contribution in [3.8, 4) is 0 Å². The second-order valence-electron chi connectivity index (χ2n) is 5.54. The first-order valence-electron chi connectivity index (χ1n) is 6.61. The van der Waals surface area contributed by atoms with Crippen molar-refractivity contribution in [3.63, 3.8) is 0 Å². The van der Waals surface area contributed by atoms with Crippen molar-refractivity contribution in [3.05, 3.63) is 16.1 Å². The first kappa shape index (κ1) is 16.1. The van der Waals surface area contributed by atoms with Crippen LogP contribution in [0.2, 0.25) is 0 Å². The fraction of sp³-hybridized carbons (Fsp3) is 0.714. The average molecular weight is 285 g/mol. The lowest BCUT2D eigenvalue weighted by Crippen LogP contribution is -2.24. The van der Waals surface area contributed by atoms with E-state index in [4.69, 9.17) is 4.74 Å². The summed E-state index contributed by atoms with van der Waals surface area (Å²) in [7, 11) is 0. The van der Waals surface area contributed by atoms with E-state index in [1.807, 2.05) is 12.3 Å². The Bertz CT molecular complexity index is 423. The second-order valence-corrected chi connectivity index (χ2v) is 6.40. The summed E-state index contributed by atoms with van der Waals surface area (Å²) in [6.07, 6.45) is -0.362. The maximum Gasteiger partial charge on any atom is 0.311 e. The van der Waals surface area contributed by atoms with Crippen molar-refractivity contribution in [2.24, 2.45) is 5.92 Å². The highest BCUT2D eigenvalue weighted by molar-refractivity contribution is 7.09. The monoisotopic (exact) mass is 285 g/mol. The maximum atomic E-state index is 11.8. The van der Waals surface area contributed by atoms with E-state index in [9.17, 15) is 9.90 Å². The summed E-state index contributed by atoms with van der Waals surface area (Å²) in [6.45, 7) is 10.2. The normalized spacial score (nSPS) is 15.1. The number of ether oxygens (including phenoxy) is 1. The van der Waals surface area contributed by atoms with Crippen LogP contribution in [0.25, 0.3) is 0 Å². The van der Waals surface area contributed by atoms with Gasteiger partial charge in [0.05, 0.1) is 23.2 Å². The van der Waals surface area contributed by atoms with Gasteiger partial charge < -0.3 is 9.84 Å². The molecule has 0 aliphatic carbocycles. The van der Waals surface area contributed by atoms with Gasteiger partial charge in [-0.3, -0.25) is 4.79 Å². The molecule has 0 radical (unpaired) electrons. The van der Waals surface area contributed by atoms with Crippen LogP contribution in [0.3, 0.4) is 0 Å². The smallest absolute Gasteiger partial charge is 0.311 e. The Morgan fingerprint density at radius 2 is 2.11 bits per heavy atom. The minimum Gasteiger partial charge on any atom is -0.466 e. The van der Waals surface area contributed by atoms with Gasteiger partial charge in [0.1, 0.15) is 6.10 Å². The largest absolute Gasteiger partial charge is 0.466 e. The second kappa shape index (κ2) is 6.48. The molecule has 0 saturated heterocycles. The molecule has 1 N–H and O–H groups in total. The zero-order valence-electron chi connectivity index (χ0n) is 12.3. The van der Waals surface area contributed by atoms with Gasteiger partial charge in [0.15, 0.2) is 0 Å². The molecule has 0 saturated carbocycles. The van der Waals surface area contributed by atoms with E-state index in [0.29, 0.717) is 18.7 Å². The quantitative estimate of drug-likeness (QED) is 0.845. The van der Waals surface area contributed by atoms with E-state index in [2.05, 4.69) is 25.8 Å². The zero-order valence-corrected chi connectivity index (χ0v) is 13.1. The minimum absolute atomic E-state index is 0.0473. The first-order chi connectivity index (χ1) is 8.81. The Morgan fingerprint density at radius 3 is 2.53 bits per heavy atom. The van der Waals surface area contributed by atoms with Crippen molar-refractivity contribution in [1.29, 1.82) is 0 Å². The van der Waals surface area contributed by atoms with Crippen molar-refractivity contribution < 1.29 is 14.6 Å². The molecule has 1 aromatic heterocycles. The number of hydrogen-bond acceptors (Lipinski definition) is 5. The molecule has 0 aliphatic rings. The van der Waals surface area contributed by atoms with E-state index in [-0.39, 0.29) is 11.4 Å². The molecule has 0 aromatic carbocycles. The molecule has 4 nitrogen and oxygen atoms in total. The van der Waals surface area contributed by atoms with Crippen LogP contribution < -0.4 is 0 Å². The Kier molecular flexibility index (Phi) is 5.50. The number of hydrogen-bond donors (Lipinski definition) is 1. The minimum atomic E-state index is -0.892. The Hall–Kier alpha value is -0.940. The van der Waals surface area contributed by atoms with Crippen molar-refractivity contribution in [2.75, 3.05) is 6.61 Å². The number of thiazole rings is 1. The van der Waals surface area contributed by atoms with Crippen LogP contribution in [0.4, 0.5) is 0 Å². The SMILES string of the molecule is CCOC(=O)C(CC)C(O)c1csc(C(C)(C)C)n1. The van der Waals surface area contributed by atoms with Crippen LogP contribution in [0.1, 0.15) is 57.8 Å². The maximum absolute atomic E-state index is 11.8. The molecule has 2 unspecified atom stereocenters. The van der Waals surface area contributed by atoms with E-state index in [1.165, 1.54) is 11.3 Å². The molecule has 108 valence electrons. The van der Waals surface area contributed by atoms with Crippen LogP contribution >= 0.6 is 11.3 Å². The van der Waals surface area contributed by atoms with Gasteiger partial charge in [-0.1, -0.05) is 27.7 Å². The molecule has 0 fully saturated rings. The van der Waals surface area contributed by atoms with Crippen molar-refractivity contribution >= 4 is 17.3 Å². The third kappa shape index (κ3) is 4.01.